The fraction of sp³-hybridized carbons (Fsp3) is 1.00. The second-order valence-corrected chi connectivity index (χ2v) is 3.55. The van der Waals surface area contributed by atoms with Crippen molar-refractivity contribution in [1.82, 2.24) is 4.90 Å². The second kappa shape index (κ2) is 1.94. The highest BCUT2D eigenvalue weighted by atomic mass is 16.5. The molecule has 10 heavy (non-hydrogen) atoms. The third-order valence-electron chi connectivity index (χ3n) is 2.92. The molecule has 3 saturated heterocycles. The van der Waals surface area contributed by atoms with Gasteiger partial charge in [-0.3, -0.25) is 4.90 Å². The van der Waals surface area contributed by atoms with Gasteiger partial charge in [0.05, 0.1) is 25.7 Å². The molecule has 3 fully saturated rings. The van der Waals surface area contributed by atoms with E-state index in [4.69, 9.17) is 0 Å². The maximum absolute atomic E-state index is 11.8. The predicted molar refractivity (Wildman–Crippen MR) is 39.3 cm³/mol. The number of hydrogen-bond donors (Lipinski definition) is 0. The molecular weight excluding hydrogens is 128 g/mol. The first-order valence-corrected chi connectivity index (χ1v) is 4.01. The zero-order chi connectivity index (χ0) is 7.19. The number of fused-ring (bicyclic) bond motifs is 3. The van der Waals surface area contributed by atoms with Crippen LogP contribution in [0.25, 0.3) is 0 Å². The molecule has 0 spiro atoms. The van der Waals surface area contributed by atoms with Gasteiger partial charge in [0.25, 0.3) is 0 Å². The Balaban J connectivity index is 2.17. The van der Waals surface area contributed by atoms with Crippen molar-refractivity contribution in [2.24, 2.45) is 0 Å². The number of rotatable bonds is 0. The third kappa shape index (κ3) is 0.779. The summed E-state index contributed by atoms with van der Waals surface area (Å²) in [6, 6.07) is 0.322. The Hall–Kier alpha value is -0.120. The van der Waals surface area contributed by atoms with Crippen LogP contribution in [-0.2, 0) is 0 Å². The quantitative estimate of drug-likeness (QED) is 0.352. The van der Waals surface area contributed by atoms with Gasteiger partial charge in [-0.15, -0.1) is 0 Å². The highest BCUT2D eigenvalue weighted by Crippen LogP contribution is 2.23. The maximum Gasteiger partial charge on any atom is 0.0988 e. The molecule has 3 nitrogen and oxygen atoms in total. The van der Waals surface area contributed by atoms with Crippen molar-refractivity contribution < 1.29 is 4.65 Å². The van der Waals surface area contributed by atoms with E-state index in [1.807, 2.05) is 0 Å². The molecule has 3 heteroatoms. The van der Waals surface area contributed by atoms with Gasteiger partial charge in [0.1, 0.15) is 0 Å². The fourth-order valence-electron chi connectivity index (χ4n) is 1.99. The van der Waals surface area contributed by atoms with E-state index in [0.29, 0.717) is 6.04 Å². The lowest BCUT2D eigenvalue weighted by Crippen LogP contribution is -2.68. The maximum atomic E-state index is 11.8. The normalized spacial score (nSPS) is 53.4. The Morgan fingerprint density at radius 2 is 2.00 bits per heavy atom. The van der Waals surface area contributed by atoms with Crippen molar-refractivity contribution in [3.63, 3.8) is 0 Å². The Labute approximate surface area is 61.4 Å². The summed E-state index contributed by atoms with van der Waals surface area (Å²) in [5, 5.41) is 11.8. The highest BCUT2D eigenvalue weighted by Gasteiger charge is 2.37. The molecule has 0 aromatic carbocycles. The highest BCUT2D eigenvalue weighted by molar-refractivity contribution is 4.76. The summed E-state index contributed by atoms with van der Waals surface area (Å²) in [6.07, 6.45) is 0. The van der Waals surface area contributed by atoms with Crippen LogP contribution in [0.1, 0.15) is 6.92 Å². The van der Waals surface area contributed by atoms with Gasteiger partial charge in [0, 0.05) is 13.1 Å². The molecular formula is C7H14N2O. The Kier molecular flexibility index (Phi) is 1.27. The zero-order valence-electron chi connectivity index (χ0n) is 6.42. The largest absolute Gasteiger partial charge is 0.632 e. The van der Waals surface area contributed by atoms with Gasteiger partial charge in [-0.2, -0.15) is 0 Å². The monoisotopic (exact) mass is 142 g/mol. The van der Waals surface area contributed by atoms with Crippen molar-refractivity contribution in [2.45, 2.75) is 13.0 Å². The Morgan fingerprint density at radius 1 is 1.40 bits per heavy atom. The van der Waals surface area contributed by atoms with E-state index in [9.17, 15) is 5.21 Å². The number of hydrogen-bond acceptors (Lipinski definition) is 2. The van der Waals surface area contributed by atoms with Crippen molar-refractivity contribution in [3.05, 3.63) is 5.21 Å². The van der Waals surface area contributed by atoms with Crippen LogP contribution < -0.4 is 0 Å². The molecule has 0 radical (unpaired) electrons. The lowest BCUT2D eigenvalue weighted by Gasteiger charge is -2.57. The molecule has 1 atom stereocenters. The second-order valence-electron chi connectivity index (χ2n) is 3.55. The Morgan fingerprint density at radius 3 is 2.30 bits per heavy atom. The molecule has 3 rings (SSSR count). The lowest BCUT2D eigenvalue weighted by atomic mass is 10.1. The summed E-state index contributed by atoms with van der Waals surface area (Å²) >= 11 is 0. The molecule has 0 N–H and O–H groups in total. The molecule has 3 aliphatic heterocycles. The van der Waals surface area contributed by atoms with Crippen molar-refractivity contribution in [1.29, 1.82) is 0 Å². The Bertz CT molecular complexity index is 141. The first kappa shape index (κ1) is 6.58. The molecule has 0 aromatic heterocycles. The molecule has 0 aromatic rings. The van der Waals surface area contributed by atoms with Gasteiger partial charge >= 0.3 is 0 Å². The van der Waals surface area contributed by atoms with Crippen LogP contribution in [-0.4, -0.2) is 48.3 Å². The molecule has 3 heterocycles. The van der Waals surface area contributed by atoms with E-state index >= 15 is 0 Å². The van der Waals surface area contributed by atoms with Gasteiger partial charge in [0.2, 0.25) is 0 Å². The molecule has 2 bridgehead atoms. The van der Waals surface area contributed by atoms with Crippen molar-refractivity contribution in [2.75, 3.05) is 32.7 Å². The van der Waals surface area contributed by atoms with Crippen LogP contribution in [0, 0.1) is 5.21 Å². The predicted octanol–water partition coefficient (Wildman–Crippen LogP) is 0.0187. The van der Waals surface area contributed by atoms with Crippen LogP contribution in [0.4, 0.5) is 0 Å². The van der Waals surface area contributed by atoms with Gasteiger partial charge < -0.3 is 9.85 Å². The van der Waals surface area contributed by atoms with Gasteiger partial charge in [-0.25, -0.2) is 0 Å². The summed E-state index contributed by atoms with van der Waals surface area (Å²) in [6.45, 7) is 6.77. The van der Waals surface area contributed by atoms with E-state index in [0.717, 1.165) is 32.7 Å². The molecule has 3 aliphatic rings. The summed E-state index contributed by atoms with van der Waals surface area (Å²) in [7, 11) is 0. The van der Waals surface area contributed by atoms with Crippen LogP contribution in [0.3, 0.4) is 0 Å². The molecule has 0 amide bonds. The SMILES string of the molecule is CC1CN2CC[N+]1([O-])CC2. The van der Waals surface area contributed by atoms with E-state index in [1.54, 1.807) is 0 Å². The standard InChI is InChI=1S/C7H14N2O/c1-7-6-8-2-4-9(7,10)5-3-8/h7H,2-6H2,1H3. The van der Waals surface area contributed by atoms with E-state index in [-0.39, 0.29) is 4.65 Å². The van der Waals surface area contributed by atoms with Gasteiger partial charge in [-0.05, 0) is 6.92 Å². The molecule has 1 unspecified atom stereocenters. The van der Waals surface area contributed by atoms with Crippen molar-refractivity contribution >= 4 is 0 Å². The fourth-order valence-corrected chi connectivity index (χ4v) is 1.99. The summed E-state index contributed by atoms with van der Waals surface area (Å²) in [5.74, 6) is 0. The zero-order valence-corrected chi connectivity index (χ0v) is 6.42. The summed E-state index contributed by atoms with van der Waals surface area (Å²) in [5.41, 5.74) is 0. The van der Waals surface area contributed by atoms with Crippen LogP contribution in [0.5, 0.6) is 0 Å². The van der Waals surface area contributed by atoms with Crippen LogP contribution >= 0.6 is 0 Å². The molecule has 58 valence electrons. The van der Waals surface area contributed by atoms with E-state index < -0.39 is 0 Å². The first-order chi connectivity index (χ1) is 4.71. The summed E-state index contributed by atoms with van der Waals surface area (Å²) < 4.78 is 0.0799. The minimum absolute atomic E-state index is 0.0799. The number of hydroxylamine groups is 3. The minimum Gasteiger partial charge on any atom is -0.632 e. The van der Waals surface area contributed by atoms with Gasteiger partial charge in [-0.1, -0.05) is 0 Å². The average molecular weight is 142 g/mol. The van der Waals surface area contributed by atoms with Gasteiger partial charge in [0.15, 0.2) is 0 Å². The number of quaternary nitrogens is 1. The molecule has 0 saturated carbocycles. The minimum atomic E-state index is 0.0799. The lowest BCUT2D eigenvalue weighted by molar-refractivity contribution is -0.918. The van der Waals surface area contributed by atoms with Crippen molar-refractivity contribution in [3.8, 4) is 0 Å². The van der Waals surface area contributed by atoms with Crippen LogP contribution in [0.15, 0.2) is 0 Å². The number of piperazine rings is 3. The third-order valence-corrected chi connectivity index (χ3v) is 2.92. The smallest absolute Gasteiger partial charge is 0.0988 e. The summed E-state index contributed by atoms with van der Waals surface area (Å²) in [4.78, 5) is 2.39. The topological polar surface area (TPSA) is 26.3 Å². The van der Waals surface area contributed by atoms with Crippen LogP contribution in [0.2, 0.25) is 0 Å². The van der Waals surface area contributed by atoms with E-state index in [2.05, 4.69) is 11.8 Å². The van der Waals surface area contributed by atoms with E-state index in [1.165, 1.54) is 0 Å². The first-order valence-electron chi connectivity index (χ1n) is 4.01. The molecule has 0 aliphatic carbocycles. The average Bonchev–Trinajstić information content (AvgIpc) is 1.92. The number of nitrogens with zero attached hydrogens (tertiary/aromatic N) is 2.